The summed E-state index contributed by atoms with van der Waals surface area (Å²) in [6, 6.07) is 2.13. The molecule has 86 valence electrons. The number of H-pyrrole nitrogens is 1. The number of nitrogens with zero attached hydrogens (tertiary/aromatic N) is 2. The predicted octanol–water partition coefficient (Wildman–Crippen LogP) is 3.12. The van der Waals surface area contributed by atoms with E-state index in [2.05, 4.69) is 35.0 Å². The van der Waals surface area contributed by atoms with Crippen molar-refractivity contribution in [3.8, 4) is 0 Å². The molecule has 0 spiro atoms. The van der Waals surface area contributed by atoms with Crippen LogP contribution in [0.3, 0.4) is 0 Å². The maximum atomic E-state index is 4.32. The minimum atomic E-state index is 1.11. The molecule has 1 rings (SSSR count). The van der Waals surface area contributed by atoms with Crippen LogP contribution in [-0.2, 0) is 0 Å². The Bertz CT molecular complexity index is 260. The molecule has 0 atom stereocenters. The van der Waals surface area contributed by atoms with Crippen molar-refractivity contribution in [2.24, 2.45) is 0 Å². The van der Waals surface area contributed by atoms with Crippen LogP contribution in [0, 0.1) is 6.92 Å². The van der Waals surface area contributed by atoms with E-state index in [-0.39, 0.29) is 0 Å². The van der Waals surface area contributed by atoms with Gasteiger partial charge in [0.15, 0.2) is 5.82 Å². The fraction of sp³-hybridized carbons (Fsp3) is 0.750. The summed E-state index contributed by atoms with van der Waals surface area (Å²) in [6.07, 6.45) is 4.98. The summed E-state index contributed by atoms with van der Waals surface area (Å²) in [5, 5.41) is 7.33. The molecular formula is C12H23N3. The highest BCUT2D eigenvalue weighted by atomic mass is 15.3. The summed E-state index contributed by atoms with van der Waals surface area (Å²) in [7, 11) is 0. The number of nitrogens with one attached hydrogen (secondary N) is 1. The van der Waals surface area contributed by atoms with Gasteiger partial charge < -0.3 is 4.90 Å². The molecule has 0 saturated carbocycles. The third-order valence-electron chi connectivity index (χ3n) is 2.58. The van der Waals surface area contributed by atoms with Gasteiger partial charge in [-0.05, 0) is 19.8 Å². The van der Waals surface area contributed by atoms with E-state index in [4.69, 9.17) is 0 Å². The zero-order valence-electron chi connectivity index (χ0n) is 10.2. The number of hydrogen-bond acceptors (Lipinski definition) is 2. The van der Waals surface area contributed by atoms with Crippen molar-refractivity contribution in [2.75, 3.05) is 18.0 Å². The largest absolute Gasteiger partial charge is 0.355 e. The number of unbranched alkanes of at least 4 members (excludes halogenated alkanes) is 2. The normalized spacial score (nSPS) is 10.6. The molecule has 0 aliphatic heterocycles. The van der Waals surface area contributed by atoms with Crippen molar-refractivity contribution < 1.29 is 0 Å². The second-order valence-electron chi connectivity index (χ2n) is 4.10. The first-order valence-electron chi connectivity index (χ1n) is 6.04. The summed E-state index contributed by atoms with van der Waals surface area (Å²) in [5.74, 6) is 1.11. The van der Waals surface area contributed by atoms with Crippen LogP contribution in [0.15, 0.2) is 6.07 Å². The molecule has 0 unspecified atom stereocenters. The lowest BCUT2D eigenvalue weighted by Gasteiger charge is -2.21. The summed E-state index contributed by atoms with van der Waals surface area (Å²) in [6.45, 7) is 8.76. The van der Waals surface area contributed by atoms with E-state index in [1.807, 2.05) is 6.92 Å². The van der Waals surface area contributed by atoms with E-state index in [1.54, 1.807) is 0 Å². The monoisotopic (exact) mass is 209 g/mol. The second kappa shape index (κ2) is 6.49. The van der Waals surface area contributed by atoms with Gasteiger partial charge in [0.25, 0.3) is 0 Å². The van der Waals surface area contributed by atoms with Gasteiger partial charge in [0.05, 0.1) is 0 Å². The van der Waals surface area contributed by atoms with Gasteiger partial charge in [-0.1, -0.05) is 26.7 Å². The van der Waals surface area contributed by atoms with Crippen LogP contribution in [0.4, 0.5) is 5.82 Å². The number of aromatic nitrogens is 2. The van der Waals surface area contributed by atoms with Crippen LogP contribution >= 0.6 is 0 Å². The highest BCUT2D eigenvalue weighted by Crippen LogP contribution is 2.13. The Labute approximate surface area is 92.9 Å². The molecule has 3 nitrogen and oxygen atoms in total. The van der Waals surface area contributed by atoms with Crippen LogP contribution in [0.25, 0.3) is 0 Å². The number of aromatic amines is 1. The Balaban J connectivity index is 2.54. The van der Waals surface area contributed by atoms with Crippen LogP contribution < -0.4 is 4.90 Å². The first kappa shape index (κ1) is 12.1. The van der Waals surface area contributed by atoms with Crippen molar-refractivity contribution in [3.05, 3.63) is 11.8 Å². The van der Waals surface area contributed by atoms with E-state index in [1.165, 1.54) is 25.7 Å². The van der Waals surface area contributed by atoms with Crippen molar-refractivity contribution in [3.63, 3.8) is 0 Å². The van der Waals surface area contributed by atoms with Crippen molar-refractivity contribution in [1.29, 1.82) is 0 Å². The van der Waals surface area contributed by atoms with Gasteiger partial charge in [-0.15, -0.1) is 0 Å². The molecule has 0 aliphatic carbocycles. The molecule has 0 aromatic carbocycles. The van der Waals surface area contributed by atoms with Crippen LogP contribution in [0.1, 0.15) is 45.2 Å². The number of rotatable bonds is 7. The Morgan fingerprint density at radius 3 is 2.20 bits per heavy atom. The first-order chi connectivity index (χ1) is 7.27. The van der Waals surface area contributed by atoms with Gasteiger partial charge >= 0.3 is 0 Å². The number of anilines is 1. The van der Waals surface area contributed by atoms with E-state index in [0.717, 1.165) is 24.6 Å². The Kier molecular flexibility index (Phi) is 5.22. The van der Waals surface area contributed by atoms with Gasteiger partial charge in [-0.3, -0.25) is 5.10 Å². The van der Waals surface area contributed by atoms with Crippen LogP contribution in [0.2, 0.25) is 0 Å². The summed E-state index contributed by atoms with van der Waals surface area (Å²) in [5.41, 5.74) is 1.14. The fourth-order valence-electron chi connectivity index (χ4n) is 1.60. The van der Waals surface area contributed by atoms with E-state index >= 15 is 0 Å². The Hall–Kier alpha value is -0.990. The van der Waals surface area contributed by atoms with Crippen LogP contribution in [0.5, 0.6) is 0 Å². The molecule has 1 aromatic rings. The lowest BCUT2D eigenvalue weighted by atomic mass is 10.2. The molecule has 0 aliphatic rings. The third-order valence-corrected chi connectivity index (χ3v) is 2.58. The molecule has 1 heterocycles. The third kappa shape index (κ3) is 3.94. The molecule has 1 aromatic heterocycles. The van der Waals surface area contributed by atoms with Gasteiger partial charge in [0.2, 0.25) is 0 Å². The smallest absolute Gasteiger partial charge is 0.150 e. The number of hydrogen-bond donors (Lipinski definition) is 1. The van der Waals surface area contributed by atoms with Gasteiger partial charge in [-0.25, -0.2) is 0 Å². The molecule has 0 fully saturated rings. The minimum absolute atomic E-state index is 1.11. The standard InChI is InChI=1S/C12H23N3/c1-4-6-8-15(9-7-5-2)12-10-11(3)13-14-12/h10H,4-9H2,1-3H3,(H,13,14). The van der Waals surface area contributed by atoms with E-state index in [0.29, 0.717) is 0 Å². The maximum absolute atomic E-state index is 4.32. The Morgan fingerprint density at radius 2 is 1.80 bits per heavy atom. The average Bonchev–Trinajstić information content (AvgIpc) is 2.65. The molecule has 0 bridgehead atoms. The molecular weight excluding hydrogens is 186 g/mol. The van der Waals surface area contributed by atoms with E-state index in [9.17, 15) is 0 Å². The number of aryl methyl sites for hydroxylation is 1. The zero-order chi connectivity index (χ0) is 11.1. The zero-order valence-corrected chi connectivity index (χ0v) is 10.2. The second-order valence-corrected chi connectivity index (χ2v) is 4.10. The van der Waals surface area contributed by atoms with Crippen molar-refractivity contribution in [1.82, 2.24) is 10.2 Å². The summed E-state index contributed by atoms with van der Waals surface area (Å²) in [4.78, 5) is 2.39. The summed E-state index contributed by atoms with van der Waals surface area (Å²) >= 11 is 0. The highest BCUT2D eigenvalue weighted by Gasteiger charge is 2.07. The maximum Gasteiger partial charge on any atom is 0.150 e. The fourth-order valence-corrected chi connectivity index (χ4v) is 1.60. The highest BCUT2D eigenvalue weighted by molar-refractivity contribution is 5.38. The average molecular weight is 209 g/mol. The van der Waals surface area contributed by atoms with Crippen molar-refractivity contribution in [2.45, 2.75) is 46.5 Å². The quantitative estimate of drug-likeness (QED) is 0.748. The lowest BCUT2D eigenvalue weighted by molar-refractivity contribution is 0.670. The lowest BCUT2D eigenvalue weighted by Crippen LogP contribution is -2.25. The first-order valence-corrected chi connectivity index (χ1v) is 6.04. The van der Waals surface area contributed by atoms with Gasteiger partial charge in [0, 0.05) is 24.8 Å². The van der Waals surface area contributed by atoms with Crippen LogP contribution in [-0.4, -0.2) is 23.3 Å². The SMILES string of the molecule is CCCCN(CCCC)c1cc(C)[nH]n1. The minimum Gasteiger partial charge on any atom is -0.355 e. The molecule has 3 heteroatoms. The molecule has 0 saturated heterocycles. The van der Waals surface area contributed by atoms with Gasteiger partial charge in [-0.2, -0.15) is 5.10 Å². The van der Waals surface area contributed by atoms with Gasteiger partial charge in [0.1, 0.15) is 0 Å². The van der Waals surface area contributed by atoms with Crippen molar-refractivity contribution >= 4 is 5.82 Å². The topological polar surface area (TPSA) is 31.9 Å². The van der Waals surface area contributed by atoms with E-state index < -0.39 is 0 Å². The Morgan fingerprint density at radius 1 is 1.20 bits per heavy atom. The predicted molar refractivity (Wildman–Crippen MR) is 65.4 cm³/mol. The molecule has 0 radical (unpaired) electrons. The molecule has 15 heavy (non-hydrogen) atoms. The molecule has 0 amide bonds. The summed E-state index contributed by atoms with van der Waals surface area (Å²) < 4.78 is 0. The molecule has 1 N–H and O–H groups in total.